The third-order valence-corrected chi connectivity index (χ3v) is 4.05. The smallest absolute Gasteiger partial charge is 0.0234 e. The van der Waals surface area contributed by atoms with Gasteiger partial charge >= 0.3 is 0 Å². The molecule has 0 amide bonds. The van der Waals surface area contributed by atoms with E-state index in [1.165, 1.54) is 36.9 Å². The van der Waals surface area contributed by atoms with Crippen LogP contribution in [-0.4, -0.2) is 24.5 Å². The van der Waals surface area contributed by atoms with E-state index in [0.29, 0.717) is 6.04 Å². The first-order valence-corrected chi connectivity index (χ1v) is 7.64. The van der Waals surface area contributed by atoms with Gasteiger partial charge in [-0.3, -0.25) is 0 Å². The largest absolute Gasteiger partial charge is 0.310 e. The molecule has 0 saturated heterocycles. The number of hydrogen-bond donors (Lipinski definition) is 1. The molecule has 1 saturated carbocycles. The van der Waals surface area contributed by atoms with Gasteiger partial charge in [-0.1, -0.05) is 44.5 Å². The number of hydrogen-bond acceptors (Lipinski definition) is 2. The maximum absolute atomic E-state index is 3.52. The Hall–Kier alpha value is -0.860. The standard InChI is InChI=1S/C17H28N2/c1-14(2)18-11-16-9-4-5-10-17(16)13-19(3)12-15-7-6-8-15/h4-5,9-10,14-15,18H,6-8,11-13H2,1-3H3. The zero-order valence-electron chi connectivity index (χ0n) is 12.7. The summed E-state index contributed by atoms with van der Waals surface area (Å²) in [6.45, 7) is 7.71. The van der Waals surface area contributed by atoms with Crippen molar-refractivity contribution in [3.63, 3.8) is 0 Å². The van der Waals surface area contributed by atoms with Crippen LogP contribution in [0.15, 0.2) is 24.3 Å². The molecule has 2 heteroatoms. The van der Waals surface area contributed by atoms with E-state index in [-0.39, 0.29) is 0 Å². The minimum Gasteiger partial charge on any atom is -0.310 e. The van der Waals surface area contributed by atoms with Gasteiger partial charge in [0.1, 0.15) is 0 Å². The second kappa shape index (κ2) is 7.06. The summed E-state index contributed by atoms with van der Waals surface area (Å²) < 4.78 is 0. The molecule has 106 valence electrons. The molecular weight excluding hydrogens is 232 g/mol. The van der Waals surface area contributed by atoms with Crippen LogP contribution in [0.3, 0.4) is 0 Å². The monoisotopic (exact) mass is 260 g/mol. The van der Waals surface area contributed by atoms with Crippen LogP contribution in [0.1, 0.15) is 44.2 Å². The lowest BCUT2D eigenvalue weighted by Gasteiger charge is -2.30. The first-order chi connectivity index (χ1) is 9.15. The normalized spacial score (nSPS) is 16.1. The zero-order valence-corrected chi connectivity index (χ0v) is 12.7. The molecule has 1 aromatic carbocycles. The van der Waals surface area contributed by atoms with Crippen LogP contribution in [0.25, 0.3) is 0 Å². The molecule has 2 rings (SSSR count). The Kier molecular flexibility index (Phi) is 5.41. The van der Waals surface area contributed by atoms with E-state index in [9.17, 15) is 0 Å². The summed E-state index contributed by atoms with van der Waals surface area (Å²) >= 11 is 0. The van der Waals surface area contributed by atoms with Gasteiger partial charge in [-0.15, -0.1) is 0 Å². The first kappa shape index (κ1) is 14.5. The molecule has 0 unspecified atom stereocenters. The second-order valence-corrected chi connectivity index (χ2v) is 6.30. The van der Waals surface area contributed by atoms with Crippen LogP contribution >= 0.6 is 0 Å². The molecule has 1 N–H and O–H groups in total. The van der Waals surface area contributed by atoms with E-state index in [0.717, 1.165) is 19.0 Å². The maximum atomic E-state index is 3.52. The van der Waals surface area contributed by atoms with Crippen molar-refractivity contribution in [3.8, 4) is 0 Å². The average Bonchev–Trinajstić information content (AvgIpc) is 2.33. The minimum absolute atomic E-state index is 0.542. The molecule has 2 nitrogen and oxygen atoms in total. The van der Waals surface area contributed by atoms with Crippen LogP contribution in [0, 0.1) is 5.92 Å². The lowest BCUT2D eigenvalue weighted by Crippen LogP contribution is -2.30. The molecule has 0 spiro atoms. The van der Waals surface area contributed by atoms with E-state index in [1.54, 1.807) is 0 Å². The van der Waals surface area contributed by atoms with E-state index < -0.39 is 0 Å². The van der Waals surface area contributed by atoms with Crippen LogP contribution in [0.4, 0.5) is 0 Å². The van der Waals surface area contributed by atoms with Gasteiger partial charge in [-0.25, -0.2) is 0 Å². The van der Waals surface area contributed by atoms with Crippen molar-refractivity contribution in [2.45, 2.75) is 52.2 Å². The quantitative estimate of drug-likeness (QED) is 0.808. The van der Waals surface area contributed by atoms with Crippen molar-refractivity contribution in [2.75, 3.05) is 13.6 Å². The summed E-state index contributed by atoms with van der Waals surface area (Å²) in [6.07, 6.45) is 4.30. The average molecular weight is 260 g/mol. The van der Waals surface area contributed by atoms with Crippen molar-refractivity contribution in [2.24, 2.45) is 5.92 Å². The van der Waals surface area contributed by atoms with Gasteiger partial charge in [0.2, 0.25) is 0 Å². The molecule has 0 bridgehead atoms. The van der Waals surface area contributed by atoms with Crippen molar-refractivity contribution in [1.82, 2.24) is 10.2 Å². The molecule has 1 aliphatic carbocycles. The molecule has 1 fully saturated rings. The van der Waals surface area contributed by atoms with Crippen molar-refractivity contribution in [3.05, 3.63) is 35.4 Å². The van der Waals surface area contributed by atoms with Crippen molar-refractivity contribution >= 4 is 0 Å². The lowest BCUT2D eigenvalue weighted by atomic mass is 9.85. The van der Waals surface area contributed by atoms with E-state index in [2.05, 4.69) is 55.4 Å². The van der Waals surface area contributed by atoms with Gasteiger partial charge in [-0.05, 0) is 36.9 Å². The SMILES string of the molecule is CC(C)NCc1ccccc1CN(C)CC1CCC1. The van der Waals surface area contributed by atoms with Crippen molar-refractivity contribution in [1.29, 1.82) is 0 Å². The Morgan fingerprint density at radius 3 is 2.47 bits per heavy atom. The third-order valence-electron chi connectivity index (χ3n) is 4.05. The maximum Gasteiger partial charge on any atom is 0.0234 e. The zero-order chi connectivity index (χ0) is 13.7. The van der Waals surface area contributed by atoms with E-state index in [4.69, 9.17) is 0 Å². The summed E-state index contributed by atoms with van der Waals surface area (Å²) in [7, 11) is 2.25. The van der Waals surface area contributed by atoms with Gasteiger partial charge in [0.25, 0.3) is 0 Å². The predicted octanol–water partition coefficient (Wildman–Crippen LogP) is 3.42. The summed E-state index contributed by atoms with van der Waals surface area (Å²) in [5.41, 5.74) is 2.91. The molecule has 0 aromatic heterocycles. The van der Waals surface area contributed by atoms with Gasteiger partial charge < -0.3 is 10.2 Å². The van der Waals surface area contributed by atoms with E-state index in [1.807, 2.05) is 0 Å². The Bertz CT molecular complexity index is 383. The number of rotatable bonds is 7. The highest BCUT2D eigenvalue weighted by Crippen LogP contribution is 2.27. The highest BCUT2D eigenvalue weighted by atomic mass is 15.1. The topological polar surface area (TPSA) is 15.3 Å². The summed E-state index contributed by atoms with van der Waals surface area (Å²) in [4.78, 5) is 2.48. The fourth-order valence-corrected chi connectivity index (χ4v) is 2.67. The molecule has 0 atom stereocenters. The number of nitrogens with zero attached hydrogens (tertiary/aromatic N) is 1. The van der Waals surface area contributed by atoms with Gasteiger partial charge in [0, 0.05) is 25.7 Å². The molecule has 1 aromatic rings. The molecular formula is C17H28N2. The highest BCUT2D eigenvalue weighted by Gasteiger charge is 2.19. The second-order valence-electron chi connectivity index (χ2n) is 6.30. The molecule has 0 aliphatic heterocycles. The molecule has 0 radical (unpaired) electrons. The Morgan fingerprint density at radius 2 is 1.89 bits per heavy atom. The molecule has 19 heavy (non-hydrogen) atoms. The fourth-order valence-electron chi connectivity index (χ4n) is 2.67. The van der Waals surface area contributed by atoms with Gasteiger partial charge in [0.05, 0.1) is 0 Å². The van der Waals surface area contributed by atoms with Gasteiger partial charge in [-0.2, -0.15) is 0 Å². The van der Waals surface area contributed by atoms with Crippen LogP contribution in [0.2, 0.25) is 0 Å². The molecule has 0 heterocycles. The number of benzene rings is 1. The predicted molar refractivity (Wildman–Crippen MR) is 82.1 cm³/mol. The van der Waals surface area contributed by atoms with Crippen LogP contribution in [-0.2, 0) is 13.1 Å². The summed E-state index contributed by atoms with van der Waals surface area (Å²) in [5.74, 6) is 0.950. The van der Waals surface area contributed by atoms with Gasteiger partial charge in [0.15, 0.2) is 0 Å². The van der Waals surface area contributed by atoms with E-state index >= 15 is 0 Å². The fraction of sp³-hybridized carbons (Fsp3) is 0.647. The Morgan fingerprint density at radius 1 is 1.21 bits per heavy atom. The van der Waals surface area contributed by atoms with Crippen LogP contribution < -0.4 is 5.32 Å². The highest BCUT2D eigenvalue weighted by molar-refractivity contribution is 5.27. The van der Waals surface area contributed by atoms with Crippen molar-refractivity contribution < 1.29 is 0 Å². The molecule has 1 aliphatic rings. The van der Waals surface area contributed by atoms with Crippen LogP contribution in [0.5, 0.6) is 0 Å². The Labute approximate surface area is 118 Å². The summed E-state index contributed by atoms with van der Waals surface area (Å²) in [5, 5.41) is 3.52. The first-order valence-electron chi connectivity index (χ1n) is 7.64. The third kappa shape index (κ3) is 4.63. The minimum atomic E-state index is 0.542. The Balaban J connectivity index is 1.90. The number of nitrogens with one attached hydrogen (secondary N) is 1. The summed E-state index contributed by atoms with van der Waals surface area (Å²) in [6, 6.07) is 9.37. The lowest BCUT2D eigenvalue weighted by molar-refractivity contribution is 0.200.